The van der Waals surface area contributed by atoms with Crippen LogP contribution in [-0.4, -0.2) is 25.0 Å². The first-order chi connectivity index (χ1) is 5.81. The van der Waals surface area contributed by atoms with Crippen LogP contribution in [0, 0.1) is 0 Å². The molecule has 1 nitrogen and oxygen atoms in total. The monoisotopic (exact) mass is 167 g/mol. The van der Waals surface area contributed by atoms with E-state index >= 15 is 0 Å². The molecule has 70 valence electrons. The highest BCUT2D eigenvalue weighted by Crippen LogP contribution is 1.91. The minimum Gasteiger partial charge on any atom is -0.303 e. The van der Waals surface area contributed by atoms with Gasteiger partial charge in [0.05, 0.1) is 0 Å². The first kappa shape index (κ1) is 11.4. The highest BCUT2D eigenvalue weighted by molar-refractivity contribution is 5.01. The molecule has 0 spiro atoms. The second kappa shape index (κ2) is 8.54. The van der Waals surface area contributed by atoms with E-state index in [4.69, 9.17) is 0 Å². The lowest BCUT2D eigenvalue weighted by Gasteiger charge is -2.12. The third-order valence-electron chi connectivity index (χ3n) is 1.75. The van der Waals surface area contributed by atoms with Crippen LogP contribution in [0.1, 0.15) is 26.7 Å². The van der Waals surface area contributed by atoms with Crippen molar-refractivity contribution in [2.75, 3.05) is 20.1 Å². The molecule has 0 aliphatic heterocycles. The van der Waals surface area contributed by atoms with Crippen molar-refractivity contribution in [1.82, 2.24) is 4.90 Å². The highest BCUT2D eigenvalue weighted by atomic mass is 15.1. The molecule has 0 saturated carbocycles. The van der Waals surface area contributed by atoms with E-state index in [1.165, 1.54) is 19.4 Å². The van der Waals surface area contributed by atoms with Crippen LogP contribution in [0.25, 0.3) is 0 Å². The van der Waals surface area contributed by atoms with Gasteiger partial charge in [0.1, 0.15) is 0 Å². The van der Waals surface area contributed by atoms with E-state index in [2.05, 4.69) is 37.1 Å². The van der Waals surface area contributed by atoms with Gasteiger partial charge in [-0.05, 0) is 26.9 Å². The van der Waals surface area contributed by atoms with Gasteiger partial charge in [-0.1, -0.05) is 37.6 Å². The Labute approximate surface area is 76.8 Å². The van der Waals surface area contributed by atoms with Crippen LogP contribution >= 0.6 is 0 Å². The van der Waals surface area contributed by atoms with Gasteiger partial charge in [0.25, 0.3) is 0 Å². The molecular formula is C11H21N. The first-order valence-corrected chi connectivity index (χ1v) is 4.77. The van der Waals surface area contributed by atoms with Gasteiger partial charge in [0.2, 0.25) is 0 Å². The maximum Gasteiger partial charge on any atom is 0.0163 e. The Bertz CT molecular complexity index is 136. The maximum absolute atomic E-state index is 2.34. The van der Waals surface area contributed by atoms with Crippen molar-refractivity contribution >= 4 is 0 Å². The summed E-state index contributed by atoms with van der Waals surface area (Å²) in [6.45, 7) is 6.52. The second-order valence-corrected chi connectivity index (χ2v) is 3.07. The summed E-state index contributed by atoms with van der Waals surface area (Å²) in [5, 5.41) is 0. The Morgan fingerprint density at radius 3 is 2.58 bits per heavy atom. The number of allylic oxidation sites excluding steroid dienone is 3. The van der Waals surface area contributed by atoms with Crippen molar-refractivity contribution in [3.05, 3.63) is 24.3 Å². The van der Waals surface area contributed by atoms with Gasteiger partial charge >= 0.3 is 0 Å². The predicted molar refractivity (Wildman–Crippen MR) is 56.4 cm³/mol. The van der Waals surface area contributed by atoms with Gasteiger partial charge in [-0.2, -0.15) is 0 Å². The zero-order valence-corrected chi connectivity index (χ0v) is 8.59. The average molecular weight is 167 g/mol. The van der Waals surface area contributed by atoms with Crippen LogP contribution in [0.3, 0.4) is 0 Å². The van der Waals surface area contributed by atoms with E-state index < -0.39 is 0 Å². The van der Waals surface area contributed by atoms with Gasteiger partial charge in [-0.25, -0.2) is 0 Å². The van der Waals surface area contributed by atoms with Crippen LogP contribution in [0.4, 0.5) is 0 Å². The molecule has 0 atom stereocenters. The lowest BCUT2D eigenvalue weighted by atomic mass is 10.3. The van der Waals surface area contributed by atoms with Crippen LogP contribution in [0.15, 0.2) is 24.3 Å². The summed E-state index contributed by atoms with van der Waals surface area (Å²) in [7, 11) is 2.16. The lowest BCUT2D eigenvalue weighted by molar-refractivity contribution is 0.362. The summed E-state index contributed by atoms with van der Waals surface area (Å²) in [5.74, 6) is 0. The zero-order valence-electron chi connectivity index (χ0n) is 8.59. The molecule has 1 heteroatoms. The fraction of sp³-hybridized carbons (Fsp3) is 0.636. The molecule has 0 heterocycles. The van der Waals surface area contributed by atoms with Crippen LogP contribution in [-0.2, 0) is 0 Å². The number of nitrogens with zero attached hydrogens (tertiary/aromatic N) is 1. The van der Waals surface area contributed by atoms with Gasteiger partial charge in [-0.15, -0.1) is 0 Å². The summed E-state index contributed by atoms with van der Waals surface area (Å²) < 4.78 is 0. The summed E-state index contributed by atoms with van der Waals surface area (Å²) in [5.41, 5.74) is 0. The fourth-order valence-electron chi connectivity index (χ4n) is 0.950. The molecular weight excluding hydrogens is 146 g/mol. The molecule has 0 fully saturated rings. The van der Waals surface area contributed by atoms with Crippen molar-refractivity contribution in [3.63, 3.8) is 0 Å². The molecule has 0 unspecified atom stereocenters. The summed E-state index contributed by atoms with van der Waals surface area (Å²) >= 11 is 0. The third kappa shape index (κ3) is 7.55. The van der Waals surface area contributed by atoms with Crippen LogP contribution in [0.5, 0.6) is 0 Å². The van der Waals surface area contributed by atoms with E-state index in [0.717, 1.165) is 6.54 Å². The smallest absolute Gasteiger partial charge is 0.0163 e. The molecule has 0 saturated heterocycles. The molecule has 0 aliphatic carbocycles. The SMILES string of the molecule is CC=CC=CCN(C)CCCC. The van der Waals surface area contributed by atoms with E-state index in [9.17, 15) is 0 Å². The van der Waals surface area contributed by atoms with Crippen LogP contribution < -0.4 is 0 Å². The molecule has 0 rings (SSSR count). The minimum atomic E-state index is 1.06. The maximum atomic E-state index is 2.34. The minimum absolute atomic E-state index is 1.06. The van der Waals surface area contributed by atoms with Crippen molar-refractivity contribution < 1.29 is 0 Å². The summed E-state index contributed by atoms with van der Waals surface area (Å²) in [6.07, 6.45) is 11.0. The molecule has 12 heavy (non-hydrogen) atoms. The average Bonchev–Trinajstić information content (AvgIpc) is 2.09. The number of hydrogen-bond donors (Lipinski definition) is 0. The molecule has 0 aromatic heterocycles. The third-order valence-corrected chi connectivity index (χ3v) is 1.75. The standard InChI is InChI=1S/C11H21N/c1-4-6-8-9-11-12(3)10-7-5-2/h4,6,8-9H,5,7,10-11H2,1-3H3. The van der Waals surface area contributed by atoms with Crippen molar-refractivity contribution in [2.45, 2.75) is 26.7 Å². The largest absolute Gasteiger partial charge is 0.303 e. The van der Waals surface area contributed by atoms with E-state index in [0.29, 0.717) is 0 Å². The number of rotatable bonds is 6. The first-order valence-electron chi connectivity index (χ1n) is 4.77. The Kier molecular flexibility index (Phi) is 8.14. The quantitative estimate of drug-likeness (QED) is 0.550. The molecule has 0 aromatic carbocycles. The molecule has 0 radical (unpaired) electrons. The number of unbranched alkanes of at least 4 members (excludes halogenated alkanes) is 1. The molecule has 0 amide bonds. The number of hydrogen-bond acceptors (Lipinski definition) is 1. The van der Waals surface area contributed by atoms with Crippen LogP contribution in [0.2, 0.25) is 0 Å². The fourth-order valence-corrected chi connectivity index (χ4v) is 0.950. The van der Waals surface area contributed by atoms with Gasteiger partial charge < -0.3 is 4.90 Å². The van der Waals surface area contributed by atoms with Gasteiger partial charge in [0.15, 0.2) is 0 Å². The zero-order chi connectivity index (χ0) is 9.23. The lowest BCUT2D eigenvalue weighted by Crippen LogP contribution is -2.19. The summed E-state index contributed by atoms with van der Waals surface area (Å²) in [6, 6.07) is 0. The van der Waals surface area contributed by atoms with Crippen molar-refractivity contribution in [1.29, 1.82) is 0 Å². The topological polar surface area (TPSA) is 3.24 Å². The Morgan fingerprint density at radius 2 is 2.00 bits per heavy atom. The Balaban J connectivity index is 3.35. The van der Waals surface area contributed by atoms with Gasteiger partial charge in [0, 0.05) is 6.54 Å². The van der Waals surface area contributed by atoms with Gasteiger partial charge in [-0.3, -0.25) is 0 Å². The summed E-state index contributed by atoms with van der Waals surface area (Å²) in [4.78, 5) is 2.34. The number of likely N-dealkylation sites (N-methyl/N-ethyl adjacent to an activating group) is 1. The second-order valence-electron chi connectivity index (χ2n) is 3.07. The highest BCUT2D eigenvalue weighted by Gasteiger charge is 1.91. The molecule has 0 N–H and O–H groups in total. The normalized spacial score (nSPS) is 12.3. The van der Waals surface area contributed by atoms with E-state index in [-0.39, 0.29) is 0 Å². The Morgan fingerprint density at radius 1 is 1.25 bits per heavy atom. The molecule has 0 bridgehead atoms. The van der Waals surface area contributed by atoms with Crippen molar-refractivity contribution in [3.8, 4) is 0 Å². The molecule has 0 aliphatic rings. The van der Waals surface area contributed by atoms with Crippen molar-refractivity contribution in [2.24, 2.45) is 0 Å². The van der Waals surface area contributed by atoms with E-state index in [1.54, 1.807) is 0 Å². The molecule has 0 aromatic rings. The Hall–Kier alpha value is -0.560. The predicted octanol–water partition coefficient (Wildman–Crippen LogP) is 2.85. The van der Waals surface area contributed by atoms with E-state index in [1.807, 2.05) is 13.0 Å².